The van der Waals surface area contributed by atoms with E-state index in [-0.39, 0.29) is 6.10 Å². The van der Waals surface area contributed by atoms with E-state index in [1.165, 1.54) is 19.3 Å². The molecule has 0 bridgehead atoms. The van der Waals surface area contributed by atoms with Gasteiger partial charge in [0.2, 0.25) is 0 Å². The molecule has 0 saturated heterocycles. The van der Waals surface area contributed by atoms with Crippen LogP contribution in [0.4, 0.5) is 0 Å². The zero-order chi connectivity index (χ0) is 36.9. The molecule has 0 aliphatic rings. The van der Waals surface area contributed by atoms with E-state index in [9.17, 15) is 9.13 Å². The van der Waals surface area contributed by atoms with Crippen molar-refractivity contribution in [1.29, 1.82) is 0 Å². The maximum Gasteiger partial charge on any atom is 0.587 e. The van der Waals surface area contributed by atoms with Gasteiger partial charge >= 0.3 is 15.6 Å². The first-order valence-electron chi connectivity index (χ1n) is 18.8. The molecule has 8 nitrogen and oxygen atoms in total. The Hall–Kier alpha value is -3.54. The lowest BCUT2D eigenvalue weighted by Gasteiger charge is -2.23. The molecule has 2 atom stereocenters. The molecule has 52 heavy (non-hydrogen) atoms. The van der Waals surface area contributed by atoms with Gasteiger partial charge in [-0.3, -0.25) is 9.05 Å². The van der Waals surface area contributed by atoms with Crippen LogP contribution in [-0.2, 0) is 24.6 Å². The summed E-state index contributed by atoms with van der Waals surface area (Å²) < 4.78 is 62.7. The second kappa shape index (κ2) is 22.5. The summed E-state index contributed by atoms with van der Waals surface area (Å²) in [7, 11) is -7.85. The lowest BCUT2D eigenvalue weighted by molar-refractivity contribution is 0.130. The number of para-hydroxylation sites is 3. The Balaban J connectivity index is 1.23. The van der Waals surface area contributed by atoms with Crippen LogP contribution in [0.2, 0.25) is 0 Å². The van der Waals surface area contributed by atoms with E-state index >= 15 is 0 Å². The van der Waals surface area contributed by atoms with Crippen LogP contribution in [0.3, 0.4) is 0 Å². The predicted octanol–water partition coefficient (Wildman–Crippen LogP) is 13.4. The largest absolute Gasteiger partial charge is 0.587 e. The highest BCUT2D eigenvalue weighted by Crippen LogP contribution is 2.52. The Kier molecular flexibility index (Phi) is 17.8. The number of benzene rings is 4. The van der Waals surface area contributed by atoms with Gasteiger partial charge in [-0.15, -0.1) is 0 Å². The van der Waals surface area contributed by atoms with Gasteiger partial charge in [-0.2, -0.15) is 0 Å². The van der Waals surface area contributed by atoms with Gasteiger partial charge in [-0.1, -0.05) is 132 Å². The normalized spacial score (nSPS) is 13.3. The Bertz CT molecular complexity index is 1570. The van der Waals surface area contributed by atoms with Crippen LogP contribution in [0, 0.1) is 5.92 Å². The van der Waals surface area contributed by atoms with Crippen molar-refractivity contribution in [1.82, 2.24) is 0 Å². The SMILES string of the molecule is CCC(CCCCCc1ccc(OP(=O)(OCCCCCCCC(C)C)Oc2ccccc2)cc1)OP(=O)(Oc1ccccc1)Oc1ccccc1. The van der Waals surface area contributed by atoms with Gasteiger partial charge in [0.05, 0.1) is 12.7 Å². The van der Waals surface area contributed by atoms with Crippen LogP contribution in [0.15, 0.2) is 115 Å². The molecule has 282 valence electrons. The van der Waals surface area contributed by atoms with Crippen LogP contribution >= 0.6 is 15.6 Å². The first-order chi connectivity index (χ1) is 25.2. The summed E-state index contributed by atoms with van der Waals surface area (Å²) in [6, 6.07) is 34.5. The lowest BCUT2D eigenvalue weighted by Crippen LogP contribution is -2.15. The molecule has 0 N–H and O–H groups in total. The molecule has 10 heteroatoms. The number of unbranched alkanes of at least 4 members (excludes halogenated alkanes) is 6. The fourth-order valence-electron chi connectivity index (χ4n) is 5.56. The van der Waals surface area contributed by atoms with E-state index in [1.807, 2.05) is 85.8 Å². The summed E-state index contributed by atoms with van der Waals surface area (Å²) in [6.07, 6.45) is 11.4. The molecule has 0 aliphatic carbocycles. The quantitative estimate of drug-likeness (QED) is 0.0463. The van der Waals surface area contributed by atoms with Crippen molar-refractivity contribution in [2.45, 2.75) is 104 Å². The third kappa shape index (κ3) is 16.0. The van der Waals surface area contributed by atoms with Gasteiger partial charge in [0.15, 0.2) is 0 Å². The zero-order valence-electron chi connectivity index (χ0n) is 31.0. The Morgan fingerprint density at radius 3 is 1.46 bits per heavy atom. The van der Waals surface area contributed by atoms with Crippen molar-refractivity contribution < 1.29 is 36.3 Å². The van der Waals surface area contributed by atoms with E-state index in [4.69, 9.17) is 27.1 Å². The second-order valence-electron chi connectivity index (χ2n) is 13.4. The maximum absolute atomic E-state index is 13.8. The number of phosphoric acid groups is 2. The second-order valence-corrected chi connectivity index (χ2v) is 16.3. The molecule has 4 rings (SSSR count). The molecule has 4 aromatic carbocycles. The lowest BCUT2D eigenvalue weighted by atomic mass is 10.0. The molecular formula is C42H56O8P2. The smallest absolute Gasteiger partial charge is 0.395 e. The van der Waals surface area contributed by atoms with Crippen molar-refractivity contribution in [3.8, 4) is 23.0 Å². The van der Waals surface area contributed by atoms with Crippen molar-refractivity contribution in [2.75, 3.05) is 6.61 Å². The molecule has 0 aromatic heterocycles. The van der Waals surface area contributed by atoms with Gasteiger partial charge in [0.1, 0.15) is 23.0 Å². The maximum atomic E-state index is 13.8. The van der Waals surface area contributed by atoms with Crippen LogP contribution in [0.1, 0.15) is 97.0 Å². The van der Waals surface area contributed by atoms with Crippen molar-refractivity contribution in [3.05, 3.63) is 121 Å². The summed E-state index contributed by atoms with van der Waals surface area (Å²) in [5, 5.41) is 0. The Morgan fingerprint density at radius 2 is 0.942 bits per heavy atom. The minimum atomic E-state index is -3.95. The summed E-state index contributed by atoms with van der Waals surface area (Å²) >= 11 is 0. The van der Waals surface area contributed by atoms with E-state index < -0.39 is 15.6 Å². The molecule has 0 aliphatic heterocycles. The van der Waals surface area contributed by atoms with E-state index in [2.05, 4.69) is 13.8 Å². The summed E-state index contributed by atoms with van der Waals surface area (Å²) in [5.74, 6) is 2.44. The molecule has 0 saturated carbocycles. The topological polar surface area (TPSA) is 89.5 Å². The van der Waals surface area contributed by atoms with E-state index in [0.29, 0.717) is 36.0 Å². The highest BCUT2D eigenvalue weighted by Gasteiger charge is 2.34. The highest BCUT2D eigenvalue weighted by atomic mass is 31.2. The fourth-order valence-corrected chi connectivity index (χ4v) is 8.32. The minimum absolute atomic E-state index is 0.291. The monoisotopic (exact) mass is 750 g/mol. The number of phosphoric ester groups is 2. The number of hydrogen-bond acceptors (Lipinski definition) is 8. The molecule has 4 aromatic rings. The number of hydrogen-bond donors (Lipinski definition) is 0. The van der Waals surface area contributed by atoms with Gasteiger partial charge in [-0.25, -0.2) is 9.13 Å². The molecule has 0 radical (unpaired) electrons. The van der Waals surface area contributed by atoms with Gasteiger partial charge in [0, 0.05) is 0 Å². The summed E-state index contributed by atoms with van der Waals surface area (Å²) in [5.41, 5.74) is 1.14. The Morgan fingerprint density at radius 1 is 0.500 bits per heavy atom. The molecule has 2 unspecified atom stereocenters. The van der Waals surface area contributed by atoms with Crippen molar-refractivity contribution >= 4 is 15.6 Å². The standard InChI is InChI=1S/C42H56O8P2/c1-4-38(46-52(44,49-40-27-17-10-18-28-40)50-41-29-19-11-20-30-41)24-14-8-13-23-37-31-33-42(34-32-37)48-51(43,47-39-25-15-9-16-26-39)45-35-21-7-5-6-12-22-36(2)3/h9-11,15-20,25-34,36,38H,4-8,12-14,21-24,35H2,1-3H3. The van der Waals surface area contributed by atoms with Crippen molar-refractivity contribution in [2.24, 2.45) is 5.92 Å². The van der Waals surface area contributed by atoms with Gasteiger partial charge in [0.25, 0.3) is 0 Å². The van der Waals surface area contributed by atoms with Crippen LogP contribution in [-0.4, -0.2) is 12.7 Å². The van der Waals surface area contributed by atoms with Crippen LogP contribution < -0.4 is 18.1 Å². The number of rotatable bonds is 26. The average Bonchev–Trinajstić information content (AvgIpc) is 3.14. The first-order valence-corrected chi connectivity index (χ1v) is 21.7. The average molecular weight is 751 g/mol. The molecule has 0 fully saturated rings. The zero-order valence-corrected chi connectivity index (χ0v) is 32.8. The Labute approximate surface area is 311 Å². The van der Waals surface area contributed by atoms with E-state index in [1.54, 1.807) is 36.4 Å². The third-order valence-electron chi connectivity index (χ3n) is 8.42. The van der Waals surface area contributed by atoms with Gasteiger partial charge in [-0.05, 0) is 92.1 Å². The van der Waals surface area contributed by atoms with Gasteiger partial charge < -0.3 is 18.1 Å². The summed E-state index contributed by atoms with van der Waals surface area (Å²) in [4.78, 5) is 0. The molecule has 0 heterocycles. The van der Waals surface area contributed by atoms with Crippen LogP contribution in [0.5, 0.6) is 23.0 Å². The fraction of sp³-hybridized carbons (Fsp3) is 0.429. The molecule has 0 amide bonds. The first kappa shape index (κ1) is 41.2. The molecule has 0 spiro atoms. The minimum Gasteiger partial charge on any atom is -0.395 e. The predicted molar refractivity (Wildman–Crippen MR) is 209 cm³/mol. The molecular weight excluding hydrogens is 694 g/mol. The third-order valence-corrected chi connectivity index (χ3v) is 11.2. The number of aryl methyl sites for hydroxylation is 1. The van der Waals surface area contributed by atoms with Crippen LogP contribution in [0.25, 0.3) is 0 Å². The van der Waals surface area contributed by atoms with Crippen molar-refractivity contribution in [3.63, 3.8) is 0 Å². The highest BCUT2D eigenvalue weighted by molar-refractivity contribution is 7.49. The van der Waals surface area contributed by atoms with E-state index in [0.717, 1.165) is 62.8 Å². The summed E-state index contributed by atoms with van der Waals surface area (Å²) in [6.45, 7) is 6.81.